The standard InChI is InChI=1S/C59H93NO8/c1-3-5-7-9-11-13-15-16-17-18-19-20-21-22-23-24-25-26-27-28-29-30-31-32-33-34-35-36-37-38-39-41-43-45-47-49-55(63)60-52(51-67-59-58(66)57(65)56(64)54(50-61)68-59)53(62)48-46-44-42-40-14-12-10-8-6-4-2/h5,7,11,13-14,16-17,19-20,22-23,25-26,28-29,31-32,34-35,37-38,40,46,48,52-54,56-59,61-62,64-66H,3-4,6,8-10,12,15,18,21,24,27,30,33,36,39,41-45,47,49-51H2,1-2H3,(H,60,63)/b7-5-,13-11-,17-16-,20-19-,23-22-,26-25-,29-28-,32-31-,35-34-,38-37-,40-14+,48-46+. The minimum absolute atomic E-state index is 0.222. The van der Waals surface area contributed by atoms with E-state index in [1.54, 1.807) is 6.08 Å². The molecule has 1 amide bonds. The van der Waals surface area contributed by atoms with E-state index in [9.17, 15) is 30.3 Å². The number of amides is 1. The van der Waals surface area contributed by atoms with Crippen LogP contribution in [0.1, 0.15) is 162 Å². The van der Waals surface area contributed by atoms with Crippen molar-refractivity contribution in [2.24, 2.45) is 0 Å². The Hall–Kier alpha value is -3.93. The molecule has 1 heterocycles. The molecular formula is C59H93NO8. The lowest BCUT2D eigenvalue weighted by Gasteiger charge is -2.40. The number of ether oxygens (including phenoxy) is 2. The molecule has 0 radical (unpaired) electrons. The van der Waals surface area contributed by atoms with Crippen molar-refractivity contribution in [1.82, 2.24) is 5.32 Å². The van der Waals surface area contributed by atoms with E-state index >= 15 is 0 Å². The van der Waals surface area contributed by atoms with E-state index < -0.39 is 49.5 Å². The molecule has 382 valence electrons. The minimum atomic E-state index is -1.58. The molecule has 1 saturated heterocycles. The number of carbonyl (C=O) groups is 1. The molecule has 0 saturated carbocycles. The third-order valence-corrected chi connectivity index (χ3v) is 11.1. The molecule has 0 spiro atoms. The van der Waals surface area contributed by atoms with Gasteiger partial charge in [0.1, 0.15) is 24.4 Å². The smallest absolute Gasteiger partial charge is 0.220 e. The molecule has 68 heavy (non-hydrogen) atoms. The van der Waals surface area contributed by atoms with Gasteiger partial charge >= 0.3 is 0 Å². The number of unbranched alkanes of at least 4 members (excludes halogenated alkanes) is 9. The van der Waals surface area contributed by atoms with Gasteiger partial charge in [0.25, 0.3) is 0 Å². The average molecular weight is 944 g/mol. The Balaban J connectivity index is 2.23. The highest BCUT2D eigenvalue weighted by Gasteiger charge is 2.44. The molecular weight excluding hydrogens is 851 g/mol. The van der Waals surface area contributed by atoms with Crippen LogP contribution in [0.5, 0.6) is 0 Å². The maximum absolute atomic E-state index is 13.0. The molecule has 0 aliphatic carbocycles. The van der Waals surface area contributed by atoms with Crippen molar-refractivity contribution in [3.63, 3.8) is 0 Å². The van der Waals surface area contributed by atoms with Gasteiger partial charge in [-0.25, -0.2) is 0 Å². The fourth-order valence-corrected chi connectivity index (χ4v) is 7.02. The van der Waals surface area contributed by atoms with Gasteiger partial charge in [0.05, 0.1) is 25.4 Å². The van der Waals surface area contributed by atoms with Crippen LogP contribution < -0.4 is 5.32 Å². The van der Waals surface area contributed by atoms with Gasteiger partial charge in [-0.1, -0.05) is 192 Å². The van der Waals surface area contributed by atoms with Crippen LogP contribution in [0.15, 0.2) is 146 Å². The SMILES string of the molecule is CC/C=C\C/C=C\C/C=C\C/C=C\C/C=C\C/C=C\C/C=C\C/C=C\C/C=C\C/C=C\CCCCCCC(=O)NC(COC1OC(CO)C(O)C(O)C1O)C(O)/C=C/CC/C=C/CCCCCC. The highest BCUT2D eigenvalue weighted by Crippen LogP contribution is 2.22. The first kappa shape index (κ1) is 62.1. The maximum Gasteiger partial charge on any atom is 0.220 e. The number of aliphatic hydroxyl groups excluding tert-OH is 5. The predicted octanol–water partition coefficient (Wildman–Crippen LogP) is 12.3. The van der Waals surface area contributed by atoms with Crippen LogP contribution in [0, 0.1) is 0 Å². The van der Waals surface area contributed by atoms with E-state index in [0.717, 1.165) is 109 Å². The van der Waals surface area contributed by atoms with E-state index in [0.29, 0.717) is 12.8 Å². The van der Waals surface area contributed by atoms with E-state index in [4.69, 9.17) is 9.47 Å². The summed E-state index contributed by atoms with van der Waals surface area (Å²) >= 11 is 0. The summed E-state index contributed by atoms with van der Waals surface area (Å²) in [5.74, 6) is -0.222. The molecule has 1 aliphatic heterocycles. The van der Waals surface area contributed by atoms with Gasteiger partial charge < -0.3 is 40.3 Å². The molecule has 0 aromatic rings. The van der Waals surface area contributed by atoms with Gasteiger partial charge in [0, 0.05) is 6.42 Å². The summed E-state index contributed by atoms with van der Waals surface area (Å²) in [6.45, 7) is 3.56. The first-order valence-corrected chi connectivity index (χ1v) is 26.1. The van der Waals surface area contributed by atoms with Gasteiger partial charge in [0.2, 0.25) is 5.91 Å². The molecule has 1 fully saturated rings. The Morgan fingerprint density at radius 2 is 0.926 bits per heavy atom. The number of aliphatic hydroxyl groups is 5. The Morgan fingerprint density at radius 3 is 1.40 bits per heavy atom. The summed E-state index contributed by atoms with van der Waals surface area (Å²) in [6.07, 6.45) is 66.3. The number of rotatable bonds is 41. The molecule has 1 rings (SSSR count). The van der Waals surface area contributed by atoms with Crippen LogP contribution in [-0.4, -0.2) is 87.5 Å². The second-order valence-corrected chi connectivity index (χ2v) is 17.2. The molecule has 0 aromatic carbocycles. The summed E-state index contributed by atoms with van der Waals surface area (Å²) in [6, 6.07) is -0.845. The van der Waals surface area contributed by atoms with Gasteiger partial charge in [-0.15, -0.1) is 0 Å². The first-order valence-electron chi connectivity index (χ1n) is 26.1. The fraction of sp³-hybridized carbons (Fsp3) is 0.576. The lowest BCUT2D eigenvalue weighted by atomic mass is 9.99. The van der Waals surface area contributed by atoms with E-state index in [-0.39, 0.29) is 12.5 Å². The molecule has 0 aromatic heterocycles. The van der Waals surface area contributed by atoms with Crippen molar-refractivity contribution in [1.29, 1.82) is 0 Å². The number of hydrogen-bond donors (Lipinski definition) is 6. The first-order chi connectivity index (χ1) is 33.3. The summed E-state index contributed by atoms with van der Waals surface area (Å²) in [4.78, 5) is 13.0. The zero-order valence-electron chi connectivity index (χ0n) is 42.0. The van der Waals surface area contributed by atoms with Crippen LogP contribution in [0.25, 0.3) is 0 Å². The second kappa shape index (κ2) is 46.8. The molecule has 0 bridgehead atoms. The number of hydrogen-bond acceptors (Lipinski definition) is 8. The van der Waals surface area contributed by atoms with Crippen LogP contribution >= 0.6 is 0 Å². The fourth-order valence-electron chi connectivity index (χ4n) is 7.02. The molecule has 6 N–H and O–H groups in total. The van der Waals surface area contributed by atoms with Crippen molar-refractivity contribution in [2.45, 2.75) is 204 Å². The summed E-state index contributed by atoms with van der Waals surface area (Å²) in [7, 11) is 0. The van der Waals surface area contributed by atoms with Gasteiger partial charge in [-0.05, 0) is 109 Å². The van der Waals surface area contributed by atoms with Crippen molar-refractivity contribution >= 4 is 5.91 Å². The van der Waals surface area contributed by atoms with Gasteiger partial charge in [-0.2, -0.15) is 0 Å². The quantitative estimate of drug-likeness (QED) is 0.0262. The zero-order valence-corrected chi connectivity index (χ0v) is 42.0. The monoisotopic (exact) mass is 944 g/mol. The number of carbonyl (C=O) groups excluding carboxylic acids is 1. The highest BCUT2D eigenvalue weighted by molar-refractivity contribution is 5.76. The average Bonchev–Trinajstić information content (AvgIpc) is 3.34. The van der Waals surface area contributed by atoms with Crippen molar-refractivity contribution in [2.75, 3.05) is 13.2 Å². The van der Waals surface area contributed by atoms with E-state index in [1.165, 1.54) is 25.7 Å². The topological polar surface area (TPSA) is 149 Å². The zero-order chi connectivity index (χ0) is 49.4. The third-order valence-electron chi connectivity index (χ3n) is 11.1. The Labute approximate surface area is 413 Å². The Kier molecular flexibility index (Phi) is 42.7. The molecule has 1 aliphatic rings. The van der Waals surface area contributed by atoms with Crippen LogP contribution in [-0.2, 0) is 14.3 Å². The lowest BCUT2D eigenvalue weighted by Crippen LogP contribution is -2.60. The normalized spacial score (nSPS) is 20.8. The number of allylic oxidation sites excluding steroid dienone is 23. The van der Waals surface area contributed by atoms with Gasteiger partial charge in [0.15, 0.2) is 6.29 Å². The van der Waals surface area contributed by atoms with E-state index in [1.807, 2.05) is 6.08 Å². The Bertz CT molecular complexity index is 1560. The maximum atomic E-state index is 13.0. The molecule has 9 heteroatoms. The largest absolute Gasteiger partial charge is 0.394 e. The third kappa shape index (κ3) is 36.1. The minimum Gasteiger partial charge on any atom is -0.394 e. The van der Waals surface area contributed by atoms with Gasteiger partial charge in [-0.3, -0.25) is 4.79 Å². The van der Waals surface area contributed by atoms with Crippen molar-refractivity contribution in [3.8, 4) is 0 Å². The van der Waals surface area contributed by atoms with Crippen LogP contribution in [0.3, 0.4) is 0 Å². The number of nitrogens with one attached hydrogen (secondary N) is 1. The molecule has 7 atom stereocenters. The van der Waals surface area contributed by atoms with Crippen molar-refractivity contribution < 1.29 is 39.8 Å². The van der Waals surface area contributed by atoms with E-state index in [2.05, 4.69) is 153 Å². The predicted molar refractivity (Wildman–Crippen MR) is 285 cm³/mol. The second-order valence-electron chi connectivity index (χ2n) is 17.2. The summed E-state index contributed by atoms with van der Waals surface area (Å²) < 4.78 is 11.2. The van der Waals surface area contributed by atoms with Crippen molar-refractivity contribution in [3.05, 3.63) is 146 Å². The lowest BCUT2D eigenvalue weighted by molar-refractivity contribution is -0.302. The highest BCUT2D eigenvalue weighted by atomic mass is 16.7. The molecule has 7 unspecified atom stereocenters. The summed E-state index contributed by atoms with van der Waals surface area (Å²) in [5.41, 5.74) is 0. The van der Waals surface area contributed by atoms with Crippen LogP contribution in [0.2, 0.25) is 0 Å². The van der Waals surface area contributed by atoms with Crippen LogP contribution in [0.4, 0.5) is 0 Å². The molecule has 9 nitrogen and oxygen atoms in total. The summed E-state index contributed by atoms with van der Waals surface area (Å²) in [5, 5.41) is 54.1. The Morgan fingerprint density at radius 1 is 0.515 bits per heavy atom.